The van der Waals surface area contributed by atoms with E-state index in [1.54, 1.807) is 6.08 Å². The minimum atomic E-state index is -1.72. The molecule has 1 aliphatic heterocycles. The van der Waals surface area contributed by atoms with Gasteiger partial charge in [0.05, 0.1) is 19.3 Å². The minimum Gasteiger partial charge on any atom is -0.466 e. The molecule has 0 aromatic carbocycles. The third kappa shape index (κ3) is 4.43. The Morgan fingerprint density at radius 3 is 2.50 bits per heavy atom. The second kappa shape index (κ2) is 5.99. The summed E-state index contributed by atoms with van der Waals surface area (Å²) >= 11 is 0. The zero-order valence-electron chi connectivity index (χ0n) is 13.8. The highest BCUT2D eigenvalue weighted by Gasteiger charge is 2.52. The maximum absolute atomic E-state index is 11.0. The normalized spacial score (nSPS) is 26.9. The van der Waals surface area contributed by atoms with Crippen LogP contribution in [0.4, 0.5) is 0 Å². The van der Waals surface area contributed by atoms with Crippen molar-refractivity contribution in [3.8, 4) is 0 Å². The van der Waals surface area contributed by atoms with Crippen molar-refractivity contribution in [3.63, 3.8) is 0 Å². The molecule has 0 saturated carbocycles. The largest absolute Gasteiger partial charge is 0.466 e. The van der Waals surface area contributed by atoms with Crippen molar-refractivity contribution in [2.24, 2.45) is 0 Å². The van der Waals surface area contributed by atoms with E-state index in [2.05, 4.69) is 38.6 Å². The molecular weight excluding hydrogens is 272 g/mol. The Labute approximate surface area is 123 Å². The molecule has 1 heterocycles. The number of carbonyl (C=O) groups is 1. The molecule has 5 heteroatoms. The number of rotatable bonds is 6. The van der Waals surface area contributed by atoms with Gasteiger partial charge in [-0.1, -0.05) is 26.8 Å². The van der Waals surface area contributed by atoms with Crippen LogP contribution in [0.15, 0.2) is 12.2 Å². The molecule has 0 N–H and O–H groups in total. The predicted molar refractivity (Wildman–Crippen MR) is 82.2 cm³/mol. The Morgan fingerprint density at radius 1 is 1.40 bits per heavy atom. The third-order valence-electron chi connectivity index (χ3n) is 4.42. The molecule has 0 spiro atoms. The Balaban J connectivity index is 2.39. The van der Waals surface area contributed by atoms with Gasteiger partial charge in [0.25, 0.3) is 0 Å². The Morgan fingerprint density at radius 2 is 2.00 bits per heavy atom. The molecule has 0 amide bonds. The summed E-state index contributed by atoms with van der Waals surface area (Å²) in [6, 6.07) is 0. The van der Waals surface area contributed by atoms with E-state index < -0.39 is 8.32 Å². The number of esters is 1. The van der Waals surface area contributed by atoms with Crippen LogP contribution in [0, 0.1) is 0 Å². The van der Waals surface area contributed by atoms with Crippen LogP contribution in [0.25, 0.3) is 0 Å². The maximum Gasteiger partial charge on any atom is 0.330 e. The highest BCUT2D eigenvalue weighted by Crippen LogP contribution is 2.42. The SMILES string of the molecule is COC(=O)/C=C/C[C@]1(C)O[C@H]1CO[Si](C)(C)C(C)(C)C. The van der Waals surface area contributed by atoms with Crippen LogP contribution >= 0.6 is 0 Å². The molecule has 0 aromatic heterocycles. The lowest BCUT2D eigenvalue weighted by Crippen LogP contribution is -2.42. The van der Waals surface area contributed by atoms with Crippen molar-refractivity contribution >= 4 is 14.3 Å². The fraction of sp³-hybridized carbons (Fsp3) is 0.800. The second-order valence-electron chi connectivity index (χ2n) is 7.12. The van der Waals surface area contributed by atoms with E-state index in [1.165, 1.54) is 13.2 Å². The van der Waals surface area contributed by atoms with E-state index in [4.69, 9.17) is 9.16 Å². The van der Waals surface area contributed by atoms with Gasteiger partial charge in [-0.25, -0.2) is 4.79 Å². The monoisotopic (exact) mass is 300 g/mol. The molecule has 0 radical (unpaired) electrons. The number of hydrogen-bond acceptors (Lipinski definition) is 4. The zero-order chi connectivity index (χ0) is 15.6. The van der Waals surface area contributed by atoms with E-state index in [9.17, 15) is 4.79 Å². The van der Waals surface area contributed by atoms with E-state index in [-0.39, 0.29) is 22.7 Å². The van der Waals surface area contributed by atoms with Crippen LogP contribution in [0.1, 0.15) is 34.1 Å². The average molecular weight is 300 g/mol. The Bertz CT molecular complexity index is 384. The van der Waals surface area contributed by atoms with Gasteiger partial charge in [-0.15, -0.1) is 0 Å². The summed E-state index contributed by atoms with van der Waals surface area (Å²) in [5.74, 6) is -0.330. The summed E-state index contributed by atoms with van der Waals surface area (Å²) in [5, 5.41) is 0.211. The van der Waals surface area contributed by atoms with Crippen molar-refractivity contribution < 1.29 is 18.7 Å². The van der Waals surface area contributed by atoms with E-state index in [0.717, 1.165) is 0 Å². The first kappa shape index (κ1) is 17.4. The van der Waals surface area contributed by atoms with Crippen molar-refractivity contribution in [2.45, 2.75) is 64.0 Å². The predicted octanol–water partition coefficient (Wildman–Crippen LogP) is 3.29. The highest BCUT2D eigenvalue weighted by molar-refractivity contribution is 6.74. The van der Waals surface area contributed by atoms with E-state index >= 15 is 0 Å². The van der Waals surface area contributed by atoms with Gasteiger partial charge in [-0.3, -0.25) is 0 Å². The van der Waals surface area contributed by atoms with Gasteiger partial charge in [0.2, 0.25) is 0 Å². The highest BCUT2D eigenvalue weighted by atomic mass is 28.4. The van der Waals surface area contributed by atoms with E-state index in [1.807, 2.05) is 6.92 Å². The van der Waals surface area contributed by atoms with Crippen molar-refractivity contribution in [1.29, 1.82) is 0 Å². The summed E-state index contributed by atoms with van der Waals surface area (Å²) < 4.78 is 16.4. The summed E-state index contributed by atoms with van der Waals surface area (Å²) in [4.78, 5) is 11.0. The molecule has 116 valence electrons. The third-order valence-corrected chi connectivity index (χ3v) is 8.92. The van der Waals surface area contributed by atoms with Crippen LogP contribution in [0.3, 0.4) is 0 Å². The molecule has 1 rings (SSSR count). The number of ether oxygens (including phenoxy) is 2. The Kier molecular flexibility index (Phi) is 5.22. The lowest BCUT2D eigenvalue weighted by Gasteiger charge is -2.36. The molecule has 20 heavy (non-hydrogen) atoms. The molecule has 0 bridgehead atoms. The van der Waals surface area contributed by atoms with E-state index in [0.29, 0.717) is 13.0 Å². The van der Waals surface area contributed by atoms with Crippen LogP contribution < -0.4 is 0 Å². The molecular formula is C15H28O4Si. The molecule has 0 aliphatic carbocycles. The number of methoxy groups -OCH3 is 1. The molecule has 1 saturated heterocycles. The maximum atomic E-state index is 11.0. The molecule has 0 unspecified atom stereocenters. The number of carbonyl (C=O) groups excluding carboxylic acids is 1. The first-order valence-electron chi connectivity index (χ1n) is 7.08. The Hall–Kier alpha value is -0.653. The van der Waals surface area contributed by atoms with Gasteiger partial charge in [0.1, 0.15) is 6.10 Å². The lowest BCUT2D eigenvalue weighted by molar-refractivity contribution is -0.134. The summed E-state index contributed by atoms with van der Waals surface area (Å²) in [5.41, 5.74) is -0.202. The smallest absolute Gasteiger partial charge is 0.330 e. The van der Waals surface area contributed by atoms with Crippen molar-refractivity contribution in [3.05, 3.63) is 12.2 Å². The van der Waals surface area contributed by atoms with Gasteiger partial charge in [-0.05, 0) is 31.5 Å². The summed E-state index contributed by atoms with van der Waals surface area (Å²) in [6.45, 7) is 13.9. The quantitative estimate of drug-likeness (QED) is 0.327. The molecule has 1 fully saturated rings. The first-order valence-corrected chi connectivity index (χ1v) is 9.99. The average Bonchev–Trinajstić information content (AvgIpc) is 2.96. The first-order chi connectivity index (χ1) is 9.02. The van der Waals surface area contributed by atoms with Crippen molar-refractivity contribution in [2.75, 3.05) is 13.7 Å². The second-order valence-corrected chi connectivity index (χ2v) is 11.9. The molecule has 2 atom stereocenters. The van der Waals surface area contributed by atoms with Gasteiger partial charge in [0, 0.05) is 6.08 Å². The van der Waals surface area contributed by atoms with Gasteiger partial charge in [0.15, 0.2) is 8.32 Å². The fourth-order valence-electron chi connectivity index (χ4n) is 1.64. The van der Waals surface area contributed by atoms with Crippen molar-refractivity contribution in [1.82, 2.24) is 0 Å². The van der Waals surface area contributed by atoms with Gasteiger partial charge < -0.3 is 13.9 Å². The zero-order valence-corrected chi connectivity index (χ0v) is 14.8. The summed E-state index contributed by atoms with van der Waals surface area (Å²) in [7, 11) is -0.344. The number of hydrogen-bond donors (Lipinski definition) is 0. The van der Waals surface area contributed by atoms with Crippen LogP contribution in [0.5, 0.6) is 0 Å². The lowest BCUT2D eigenvalue weighted by atomic mass is 10.0. The number of epoxide rings is 1. The summed E-state index contributed by atoms with van der Waals surface area (Å²) in [6.07, 6.45) is 4.07. The molecule has 0 aromatic rings. The van der Waals surface area contributed by atoms with Gasteiger partial charge >= 0.3 is 5.97 Å². The fourth-order valence-corrected chi connectivity index (χ4v) is 2.64. The van der Waals surface area contributed by atoms with Crippen LogP contribution in [-0.2, 0) is 18.7 Å². The van der Waals surface area contributed by atoms with Gasteiger partial charge in [-0.2, -0.15) is 0 Å². The van der Waals surface area contributed by atoms with Crippen LogP contribution in [-0.4, -0.2) is 39.7 Å². The minimum absolute atomic E-state index is 0.124. The standard InChI is InChI=1S/C15H28O4Si/c1-14(2,3)20(6,7)18-11-12-15(4,19-12)10-8-9-13(16)17-5/h8-9,12H,10-11H2,1-7H3/b9-8+/t12-,15-/m0/s1. The van der Waals surface area contributed by atoms with Crippen LogP contribution in [0.2, 0.25) is 18.1 Å². The molecule has 4 nitrogen and oxygen atoms in total. The topological polar surface area (TPSA) is 48.1 Å². The molecule has 1 aliphatic rings.